The Morgan fingerprint density at radius 3 is 2.76 bits per heavy atom. The van der Waals surface area contributed by atoms with E-state index in [9.17, 15) is 4.79 Å². The van der Waals surface area contributed by atoms with Crippen molar-refractivity contribution < 1.29 is 9.90 Å². The molecule has 0 saturated heterocycles. The molecule has 172 valence electrons. The highest BCUT2D eigenvalue weighted by Crippen LogP contribution is 2.26. The third-order valence-corrected chi connectivity index (χ3v) is 4.54. The molecule has 10 heteroatoms. The lowest BCUT2D eigenvalue weighted by molar-refractivity contribution is -0.137. The fraction of sp³-hybridized carbons (Fsp3) is 0.304. The molecule has 2 aromatic heterocycles. The average molecular weight is 449 g/mol. The number of H-pyrrole nitrogens is 1. The first-order valence-electron chi connectivity index (χ1n) is 10.8. The van der Waals surface area contributed by atoms with Gasteiger partial charge in [-0.1, -0.05) is 43.2 Å². The molecule has 10 nitrogen and oxygen atoms in total. The number of nitrogens with one attached hydrogen (secondary N) is 3. The molecule has 3 aromatic rings. The number of tetrazole rings is 1. The summed E-state index contributed by atoms with van der Waals surface area (Å²) >= 11 is 0. The van der Waals surface area contributed by atoms with Crippen molar-refractivity contribution in [2.75, 3.05) is 17.2 Å². The van der Waals surface area contributed by atoms with Crippen molar-refractivity contribution in [3.63, 3.8) is 0 Å². The minimum Gasteiger partial charge on any atom is -0.481 e. The number of guanidine groups is 1. The number of unbranched alkanes of at least 4 members (excludes halogenated alkanes) is 1. The standard InChI is InChI=1S/C23H28N8O2/c1-16(2)14-25-22(27-23-28-30-31-29-23)26-19-9-5-7-17(13-19)20(10-3-4-11-21(32)33)18-8-6-12-24-15-18/h5-10,12-13,15-16H,3-4,11,14H2,1-2H3,(H,32,33)(H3,25,26,27,28,29,30,31)/b20-10+. The molecule has 0 atom stereocenters. The molecule has 0 aliphatic carbocycles. The molecular formula is C23H28N8O2. The van der Waals surface area contributed by atoms with Crippen LogP contribution in [0.5, 0.6) is 0 Å². The van der Waals surface area contributed by atoms with E-state index in [1.165, 1.54) is 0 Å². The van der Waals surface area contributed by atoms with Gasteiger partial charge in [-0.25, -0.2) is 0 Å². The molecule has 0 saturated carbocycles. The van der Waals surface area contributed by atoms with E-state index in [1.54, 1.807) is 12.4 Å². The second-order valence-electron chi connectivity index (χ2n) is 7.79. The zero-order chi connectivity index (χ0) is 23.5. The number of rotatable bonds is 10. The molecule has 3 rings (SSSR count). The van der Waals surface area contributed by atoms with Crippen LogP contribution >= 0.6 is 0 Å². The van der Waals surface area contributed by atoms with E-state index in [1.807, 2.05) is 36.4 Å². The molecule has 0 aliphatic rings. The number of hydrogen-bond donors (Lipinski definition) is 4. The van der Waals surface area contributed by atoms with Crippen LogP contribution in [0.3, 0.4) is 0 Å². The van der Waals surface area contributed by atoms with Crippen molar-refractivity contribution >= 4 is 29.1 Å². The Hall–Kier alpha value is -4.08. The lowest BCUT2D eigenvalue weighted by Crippen LogP contribution is -2.24. The number of aromatic amines is 1. The number of aliphatic carboxylic acids is 1. The highest BCUT2D eigenvalue weighted by Gasteiger charge is 2.09. The summed E-state index contributed by atoms with van der Waals surface area (Å²) in [4.78, 5) is 19.7. The predicted molar refractivity (Wildman–Crippen MR) is 128 cm³/mol. The first-order chi connectivity index (χ1) is 16.0. The van der Waals surface area contributed by atoms with Crippen molar-refractivity contribution in [3.8, 4) is 0 Å². The SMILES string of the molecule is CC(C)CN=C(Nc1cccc(/C(=C\CCCC(=O)O)c2cccnc2)c1)Nc1nn[nH]n1. The van der Waals surface area contributed by atoms with Gasteiger partial charge in [-0.3, -0.25) is 20.1 Å². The molecule has 0 amide bonds. The fourth-order valence-electron chi connectivity index (χ4n) is 3.03. The van der Waals surface area contributed by atoms with Crippen LogP contribution in [0.15, 0.2) is 59.9 Å². The number of aliphatic imine (C=N–C) groups is 1. The Labute approximate surface area is 192 Å². The van der Waals surface area contributed by atoms with E-state index in [0.29, 0.717) is 37.2 Å². The molecule has 1 aromatic carbocycles. The molecule has 0 spiro atoms. The van der Waals surface area contributed by atoms with Crippen LogP contribution in [0.4, 0.5) is 11.6 Å². The third kappa shape index (κ3) is 7.84. The zero-order valence-corrected chi connectivity index (χ0v) is 18.7. The second kappa shape index (κ2) is 12.1. The summed E-state index contributed by atoms with van der Waals surface area (Å²) in [7, 11) is 0. The van der Waals surface area contributed by atoms with Crippen LogP contribution in [0.1, 0.15) is 44.2 Å². The Morgan fingerprint density at radius 1 is 1.21 bits per heavy atom. The lowest BCUT2D eigenvalue weighted by atomic mass is 9.97. The number of anilines is 2. The summed E-state index contributed by atoms with van der Waals surface area (Å²) < 4.78 is 0. The molecule has 0 aliphatic heterocycles. The van der Waals surface area contributed by atoms with E-state index in [4.69, 9.17) is 5.11 Å². The molecule has 0 radical (unpaired) electrons. The number of allylic oxidation sites excluding steroid dienone is 1. The van der Waals surface area contributed by atoms with E-state index in [2.05, 4.69) is 61.2 Å². The highest BCUT2D eigenvalue weighted by molar-refractivity contribution is 6.02. The van der Waals surface area contributed by atoms with Crippen LogP contribution in [0, 0.1) is 5.92 Å². The minimum atomic E-state index is -0.792. The Balaban J connectivity index is 1.85. The summed E-state index contributed by atoms with van der Waals surface area (Å²) in [5.74, 6) is 0.414. The number of nitrogens with zero attached hydrogens (tertiary/aromatic N) is 5. The molecule has 0 fully saturated rings. The van der Waals surface area contributed by atoms with Crippen LogP contribution in [0.2, 0.25) is 0 Å². The summed E-state index contributed by atoms with van der Waals surface area (Å²) in [6, 6.07) is 11.8. The summed E-state index contributed by atoms with van der Waals surface area (Å²) in [5, 5.41) is 29.1. The van der Waals surface area contributed by atoms with Crippen LogP contribution in [-0.2, 0) is 4.79 Å². The molecule has 0 unspecified atom stereocenters. The van der Waals surface area contributed by atoms with Gasteiger partial charge in [-0.15, -0.1) is 5.10 Å². The van der Waals surface area contributed by atoms with Crippen molar-refractivity contribution in [2.24, 2.45) is 10.9 Å². The van der Waals surface area contributed by atoms with Crippen LogP contribution in [0.25, 0.3) is 5.57 Å². The maximum Gasteiger partial charge on any atom is 0.303 e. The normalized spacial score (nSPS) is 12.1. The maximum absolute atomic E-state index is 10.9. The highest BCUT2D eigenvalue weighted by atomic mass is 16.4. The van der Waals surface area contributed by atoms with E-state index in [-0.39, 0.29) is 6.42 Å². The van der Waals surface area contributed by atoms with Gasteiger partial charge in [0.05, 0.1) is 0 Å². The minimum absolute atomic E-state index is 0.135. The number of benzene rings is 1. The lowest BCUT2D eigenvalue weighted by Gasteiger charge is -2.14. The average Bonchev–Trinajstić information content (AvgIpc) is 3.31. The van der Waals surface area contributed by atoms with Gasteiger partial charge < -0.3 is 10.4 Å². The number of pyridine rings is 1. The number of hydrogen-bond acceptors (Lipinski definition) is 6. The van der Waals surface area contributed by atoms with Gasteiger partial charge >= 0.3 is 5.97 Å². The number of carboxylic acid groups (broad SMARTS) is 1. The first-order valence-corrected chi connectivity index (χ1v) is 10.8. The topological polar surface area (TPSA) is 141 Å². The summed E-state index contributed by atoms with van der Waals surface area (Å²) in [6.07, 6.45) is 6.94. The van der Waals surface area contributed by atoms with Gasteiger partial charge in [-0.05, 0) is 53.3 Å². The van der Waals surface area contributed by atoms with Crippen LogP contribution in [-0.4, -0.2) is 49.2 Å². The Morgan fingerprint density at radius 2 is 2.06 bits per heavy atom. The number of aromatic nitrogens is 5. The third-order valence-electron chi connectivity index (χ3n) is 4.54. The smallest absolute Gasteiger partial charge is 0.303 e. The van der Waals surface area contributed by atoms with Gasteiger partial charge in [0.1, 0.15) is 0 Å². The van der Waals surface area contributed by atoms with Gasteiger partial charge in [0.15, 0.2) is 0 Å². The largest absolute Gasteiger partial charge is 0.481 e. The number of carboxylic acids is 1. The van der Waals surface area contributed by atoms with Crippen molar-refractivity contribution in [3.05, 3.63) is 66.0 Å². The number of carbonyl (C=O) groups is 1. The maximum atomic E-state index is 10.9. The van der Waals surface area contributed by atoms with Gasteiger partial charge in [0.25, 0.3) is 5.95 Å². The van der Waals surface area contributed by atoms with Gasteiger partial charge in [0, 0.05) is 36.6 Å². The van der Waals surface area contributed by atoms with Crippen molar-refractivity contribution in [1.82, 2.24) is 25.6 Å². The fourth-order valence-corrected chi connectivity index (χ4v) is 3.03. The monoisotopic (exact) mass is 448 g/mol. The van der Waals surface area contributed by atoms with E-state index >= 15 is 0 Å². The van der Waals surface area contributed by atoms with Crippen molar-refractivity contribution in [2.45, 2.75) is 33.1 Å². The quantitative estimate of drug-likeness (QED) is 0.208. The van der Waals surface area contributed by atoms with Crippen LogP contribution < -0.4 is 10.6 Å². The van der Waals surface area contributed by atoms with E-state index in [0.717, 1.165) is 22.4 Å². The Kier molecular flexibility index (Phi) is 8.63. The Bertz CT molecular complexity index is 1080. The molecule has 0 bridgehead atoms. The van der Waals surface area contributed by atoms with E-state index < -0.39 is 5.97 Å². The molecular weight excluding hydrogens is 420 g/mol. The predicted octanol–water partition coefficient (Wildman–Crippen LogP) is 3.82. The molecule has 2 heterocycles. The molecule has 4 N–H and O–H groups in total. The summed E-state index contributed by atoms with van der Waals surface area (Å²) in [6.45, 7) is 4.80. The van der Waals surface area contributed by atoms with Gasteiger partial charge in [-0.2, -0.15) is 5.21 Å². The second-order valence-corrected chi connectivity index (χ2v) is 7.79. The summed E-state index contributed by atoms with van der Waals surface area (Å²) in [5.41, 5.74) is 3.75. The van der Waals surface area contributed by atoms with Gasteiger partial charge in [0.2, 0.25) is 5.96 Å². The zero-order valence-electron chi connectivity index (χ0n) is 18.7. The first kappa shape index (κ1) is 23.6. The van der Waals surface area contributed by atoms with Crippen molar-refractivity contribution in [1.29, 1.82) is 0 Å². The molecule has 33 heavy (non-hydrogen) atoms.